The molecule has 0 saturated carbocycles. The van der Waals surface area contributed by atoms with Crippen LogP contribution in [0.4, 0.5) is 0 Å². The monoisotopic (exact) mass is 321 g/mol. The van der Waals surface area contributed by atoms with Crippen LogP contribution in [-0.4, -0.2) is 26.8 Å². The molecule has 4 nitrogen and oxygen atoms in total. The zero-order valence-corrected chi connectivity index (χ0v) is 12.9. The molecule has 110 valence electrons. The van der Waals surface area contributed by atoms with Crippen LogP contribution < -0.4 is 0 Å². The van der Waals surface area contributed by atoms with E-state index >= 15 is 0 Å². The van der Waals surface area contributed by atoms with Gasteiger partial charge in [0.25, 0.3) is 0 Å². The Hall–Kier alpha value is -1.66. The molecule has 21 heavy (non-hydrogen) atoms. The molecule has 3 rings (SSSR count). The Balaban J connectivity index is 1.85. The van der Waals surface area contributed by atoms with Gasteiger partial charge in [0, 0.05) is 18.7 Å². The molecule has 1 fully saturated rings. The average Bonchev–Trinajstić information content (AvgIpc) is 2.99. The first-order valence-corrected chi connectivity index (χ1v) is 8.58. The molecular weight excluding hydrogens is 306 g/mol. The van der Waals surface area contributed by atoms with Crippen LogP contribution >= 0.6 is 23.1 Å². The summed E-state index contributed by atoms with van der Waals surface area (Å²) >= 11 is 3.38. The zero-order valence-electron chi connectivity index (χ0n) is 11.2. The van der Waals surface area contributed by atoms with Gasteiger partial charge >= 0.3 is 0 Å². The van der Waals surface area contributed by atoms with Gasteiger partial charge in [-0.1, -0.05) is 6.07 Å². The van der Waals surface area contributed by atoms with Crippen molar-refractivity contribution in [3.05, 3.63) is 46.2 Å². The number of phenols is 2. The van der Waals surface area contributed by atoms with Crippen LogP contribution in [0.25, 0.3) is 0 Å². The number of phenolic OH excluding ortho intramolecular Hbond substituents is 2. The van der Waals surface area contributed by atoms with Gasteiger partial charge in [-0.2, -0.15) is 11.3 Å². The molecule has 0 aliphatic carbocycles. The normalized spacial score (nSPS) is 19.0. The van der Waals surface area contributed by atoms with Gasteiger partial charge in [0.15, 0.2) is 11.5 Å². The van der Waals surface area contributed by atoms with Crippen molar-refractivity contribution >= 4 is 29.0 Å². The summed E-state index contributed by atoms with van der Waals surface area (Å²) in [4.78, 5) is 14.1. The molecular formula is C15H15NO3S2. The highest BCUT2D eigenvalue weighted by Crippen LogP contribution is 2.39. The van der Waals surface area contributed by atoms with Crippen molar-refractivity contribution in [2.45, 2.75) is 18.3 Å². The van der Waals surface area contributed by atoms with Crippen LogP contribution in [0.15, 0.2) is 35.0 Å². The number of nitrogens with zero attached hydrogens (tertiary/aromatic N) is 1. The number of aromatic hydroxyl groups is 2. The second kappa shape index (κ2) is 5.99. The van der Waals surface area contributed by atoms with Gasteiger partial charge in [-0.25, -0.2) is 0 Å². The fourth-order valence-electron chi connectivity index (χ4n) is 2.35. The minimum absolute atomic E-state index is 0.0217. The van der Waals surface area contributed by atoms with E-state index in [0.717, 1.165) is 16.9 Å². The van der Waals surface area contributed by atoms with Crippen molar-refractivity contribution in [1.29, 1.82) is 0 Å². The topological polar surface area (TPSA) is 60.8 Å². The van der Waals surface area contributed by atoms with E-state index in [2.05, 4.69) is 5.38 Å². The predicted molar refractivity (Wildman–Crippen MR) is 84.5 cm³/mol. The van der Waals surface area contributed by atoms with E-state index in [0.29, 0.717) is 13.0 Å². The molecule has 6 heteroatoms. The lowest BCUT2D eigenvalue weighted by molar-refractivity contribution is -0.132. The molecule has 0 bridgehead atoms. The molecule has 1 unspecified atom stereocenters. The SMILES string of the molecule is O=C1CCSC(c2ccsc2)N1Cc1ccc(O)c(O)c1. The molecule has 2 aromatic rings. The lowest BCUT2D eigenvalue weighted by atomic mass is 10.1. The molecule has 1 saturated heterocycles. The third-order valence-electron chi connectivity index (χ3n) is 3.42. The highest BCUT2D eigenvalue weighted by Gasteiger charge is 2.30. The first-order valence-electron chi connectivity index (χ1n) is 6.59. The minimum Gasteiger partial charge on any atom is -0.504 e. The Morgan fingerprint density at radius 3 is 2.81 bits per heavy atom. The van der Waals surface area contributed by atoms with E-state index in [4.69, 9.17) is 0 Å². The molecule has 1 amide bonds. The summed E-state index contributed by atoms with van der Waals surface area (Å²) < 4.78 is 0. The van der Waals surface area contributed by atoms with E-state index < -0.39 is 0 Å². The van der Waals surface area contributed by atoms with E-state index in [-0.39, 0.29) is 22.8 Å². The van der Waals surface area contributed by atoms with Crippen LogP contribution in [0.1, 0.15) is 22.9 Å². The number of benzene rings is 1. The van der Waals surface area contributed by atoms with E-state index in [9.17, 15) is 15.0 Å². The van der Waals surface area contributed by atoms with Gasteiger partial charge in [0.1, 0.15) is 5.37 Å². The van der Waals surface area contributed by atoms with Gasteiger partial charge in [-0.3, -0.25) is 4.79 Å². The van der Waals surface area contributed by atoms with Gasteiger partial charge in [-0.05, 0) is 40.1 Å². The van der Waals surface area contributed by atoms with Gasteiger partial charge in [0.05, 0.1) is 0 Å². The standard InChI is InChI=1S/C15H15NO3S2/c17-12-2-1-10(7-13(12)18)8-16-14(19)4-6-21-15(16)11-3-5-20-9-11/h1-3,5,7,9,15,17-18H,4,6,8H2. The fraction of sp³-hybridized carbons (Fsp3) is 0.267. The van der Waals surface area contributed by atoms with Crippen molar-refractivity contribution < 1.29 is 15.0 Å². The summed E-state index contributed by atoms with van der Waals surface area (Å²) in [6.07, 6.45) is 0.537. The van der Waals surface area contributed by atoms with Gasteiger partial charge < -0.3 is 15.1 Å². The second-order valence-electron chi connectivity index (χ2n) is 4.87. The van der Waals surface area contributed by atoms with Crippen LogP contribution in [0, 0.1) is 0 Å². The molecule has 2 heterocycles. The quantitative estimate of drug-likeness (QED) is 0.851. The van der Waals surface area contributed by atoms with Gasteiger partial charge in [-0.15, -0.1) is 11.8 Å². The Kier molecular flexibility index (Phi) is 4.07. The van der Waals surface area contributed by atoms with Crippen molar-refractivity contribution in [1.82, 2.24) is 4.90 Å². The summed E-state index contributed by atoms with van der Waals surface area (Å²) in [5, 5.41) is 23.1. The molecule has 1 atom stereocenters. The van der Waals surface area contributed by atoms with Crippen molar-refractivity contribution in [2.24, 2.45) is 0 Å². The number of carbonyl (C=O) groups excluding carboxylic acids is 1. The van der Waals surface area contributed by atoms with E-state index in [1.165, 1.54) is 12.1 Å². The molecule has 1 aromatic carbocycles. The summed E-state index contributed by atoms with van der Waals surface area (Å²) in [5.41, 5.74) is 1.95. The van der Waals surface area contributed by atoms with Crippen LogP contribution in [0.5, 0.6) is 11.5 Å². The highest BCUT2D eigenvalue weighted by molar-refractivity contribution is 7.99. The lowest BCUT2D eigenvalue weighted by Crippen LogP contribution is -2.36. The number of thiophene rings is 1. The Labute approximate surface area is 131 Å². The zero-order chi connectivity index (χ0) is 14.8. The Morgan fingerprint density at radius 2 is 2.10 bits per heavy atom. The second-order valence-corrected chi connectivity index (χ2v) is 6.84. The van der Waals surface area contributed by atoms with Crippen molar-refractivity contribution in [3.8, 4) is 11.5 Å². The fourth-order valence-corrected chi connectivity index (χ4v) is 4.34. The van der Waals surface area contributed by atoms with E-state index in [1.807, 2.05) is 16.3 Å². The van der Waals surface area contributed by atoms with Crippen LogP contribution in [-0.2, 0) is 11.3 Å². The number of carbonyl (C=O) groups is 1. The average molecular weight is 321 g/mol. The number of hydrogen-bond donors (Lipinski definition) is 2. The minimum atomic E-state index is -0.156. The summed E-state index contributed by atoms with van der Waals surface area (Å²) in [6, 6.07) is 6.73. The maximum absolute atomic E-state index is 12.3. The first kappa shape index (κ1) is 14.3. The first-order chi connectivity index (χ1) is 10.1. The maximum Gasteiger partial charge on any atom is 0.224 e. The molecule has 1 aliphatic rings. The lowest BCUT2D eigenvalue weighted by Gasteiger charge is -2.35. The maximum atomic E-state index is 12.3. The summed E-state index contributed by atoms with van der Waals surface area (Å²) in [5.74, 6) is 0.651. The molecule has 1 aliphatic heterocycles. The van der Waals surface area contributed by atoms with Crippen LogP contribution in [0.3, 0.4) is 0 Å². The largest absolute Gasteiger partial charge is 0.504 e. The number of rotatable bonds is 3. The Morgan fingerprint density at radius 1 is 1.24 bits per heavy atom. The number of amides is 1. The molecule has 1 aromatic heterocycles. The Bertz CT molecular complexity index is 642. The number of hydrogen-bond acceptors (Lipinski definition) is 5. The van der Waals surface area contributed by atoms with E-state index in [1.54, 1.807) is 29.2 Å². The van der Waals surface area contributed by atoms with Crippen molar-refractivity contribution in [2.75, 3.05) is 5.75 Å². The van der Waals surface area contributed by atoms with Gasteiger partial charge in [0.2, 0.25) is 5.91 Å². The highest BCUT2D eigenvalue weighted by atomic mass is 32.2. The smallest absolute Gasteiger partial charge is 0.224 e. The van der Waals surface area contributed by atoms with Crippen molar-refractivity contribution in [3.63, 3.8) is 0 Å². The summed E-state index contributed by atoms with van der Waals surface area (Å²) in [6.45, 7) is 0.431. The third-order valence-corrected chi connectivity index (χ3v) is 5.40. The van der Waals surface area contributed by atoms with Crippen LogP contribution in [0.2, 0.25) is 0 Å². The number of thioether (sulfide) groups is 1. The summed E-state index contributed by atoms with van der Waals surface area (Å²) in [7, 11) is 0. The predicted octanol–water partition coefficient (Wildman–Crippen LogP) is 3.32. The molecule has 0 spiro atoms. The third kappa shape index (κ3) is 3.01. The molecule has 0 radical (unpaired) electrons. The molecule has 2 N–H and O–H groups in total.